The second-order valence-electron chi connectivity index (χ2n) is 7.31. The fourth-order valence-corrected chi connectivity index (χ4v) is 3.56. The van der Waals surface area contributed by atoms with Crippen molar-refractivity contribution in [2.75, 3.05) is 19.6 Å². The van der Waals surface area contributed by atoms with Crippen LogP contribution in [0.25, 0.3) is 17.1 Å². The maximum Gasteiger partial charge on any atom is 0.243 e. The summed E-state index contributed by atoms with van der Waals surface area (Å²) in [6.07, 6.45) is 4.78. The lowest BCUT2D eigenvalue weighted by Crippen LogP contribution is -2.33. The summed E-state index contributed by atoms with van der Waals surface area (Å²) in [4.78, 5) is 31.3. The molecule has 0 saturated heterocycles. The van der Waals surface area contributed by atoms with E-state index in [1.165, 1.54) is 0 Å². The zero-order chi connectivity index (χ0) is 22.1. The number of aromatic nitrogens is 2. The molecular weight excluding hydrogens is 388 g/mol. The minimum Gasteiger partial charge on any atom is -0.353 e. The Morgan fingerprint density at radius 2 is 1.74 bits per heavy atom. The molecule has 0 radical (unpaired) electrons. The Morgan fingerprint density at radius 3 is 2.48 bits per heavy atom. The lowest BCUT2D eigenvalue weighted by molar-refractivity contribution is -0.131. The number of imidazole rings is 1. The van der Waals surface area contributed by atoms with Gasteiger partial charge in [0.2, 0.25) is 11.8 Å². The molecule has 0 atom stereocenters. The molecule has 6 nitrogen and oxygen atoms in total. The molecule has 0 saturated carbocycles. The summed E-state index contributed by atoms with van der Waals surface area (Å²) in [6, 6.07) is 17.6. The average molecular weight is 419 g/mol. The number of aryl methyl sites for hydroxylation is 1. The molecule has 0 fully saturated rings. The molecular formula is C25H30N4O2. The summed E-state index contributed by atoms with van der Waals surface area (Å²) in [5.41, 5.74) is 2.84. The van der Waals surface area contributed by atoms with Gasteiger partial charge in [-0.05, 0) is 44.0 Å². The van der Waals surface area contributed by atoms with Gasteiger partial charge in [0.1, 0.15) is 12.4 Å². The molecule has 2 amide bonds. The van der Waals surface area contributed by atoms with Crippen LogP contribution in [0.1, 0.15) is 31.7 Å². The van der Waals surface area contributed by atoms with Gasteiger partial charge in [-0.2, -0.15) is 0 Å². The van der Waals surface area contributed by atoms with Crippen LogP contribution in [0.15, 0.2) is 60.7 Å². The standard InChI is InChI=1S/C25H30N4O2/c1-3-28(4-2)25(31)19-29-22-14-9-8-13-21(22)27-23(29)15-10-18-26-24(30)17-16-20-11-6-5-7-12-20/h5-9,11-14,16-17H,3-4,10,15,18-19H2,1-2H3,(H,26,30)/b17-16-. The number of hydrogen-bond acceptors (Lipinski definition) is 3. The average Bonchev–Trinajstić information content (AvgIpc) is 3.14. The van der Waals surface area contributed by atoms with Crippen LogP contribution in [-0.2, 0) is 22.6 Å². The molecule has 1 aromatic heterocycles. The Labute approximate surface area is 183 Å². The van der Waals surface area contributed by atoms with Gasteiger partial charge in [-0.15, -0.1) is 0 Å². The van der Waals surface area contributed by atoms with E-state index in [1.807, 2.05) is 77.9 Å². The highest BCUT2D eigenvalue weighted by Gasteiger charge is 2.16. The van der Waals surface area contributed by atoms with Crippen molar-refractivity contribution in [2.24, 2.45) is 0 Å². The lowest BCUT2D eigenvalue weighted by Gasteiger charge is -2.20. The molecule has 0 aliphatic carbocycles. The summed E-state index contributed by atoms with van der Waals surface area (Å²) in [7, 11) is 0. The largest absolute Gasteiger partial charge is 0.353 e. The summed E-state index contributed by atoms with van der Waals surface area (Å²) in [5.74, 6) is 0.846. The van der Waals surface area contributed by atoms with Crippen LogP contribution in [0.2, 0.25) is 0 Å². The van der Waals surface area contributed by atoms with Gasteiger partial charge in [0.15, 0.2) is 0 Å². The van der Waals surface area contributed by atoms with Crippen molar-refractivity contribution in [3.63, 3.8) is 0 Å². The molecule has 0 spiro atoms. The zero-order valence-corrected chi connectivity index (χ0v) is 18.3. The number of nitrogens with zero attached hydrogens (tertiary/aromatic N) is 3. The van der Waals surface area contributed by atoms with Gasteiger partial charge in [-0.1, -0.05) is 42.5 Å². The van der Waals surface area contributed by atoms with Gasteiger partial charge in [-0.3, -0.25) is 9.59 Å². The van der Waals surface area contributed by atoms with E-state index in [9.17, 15) is 9.59 Å². The Balaban J connectivity index is 1.60. The molecule has 162 valence electrons. The van der Waals surface area contributed by atoms with Crippen molar-refractivity contribution < 1.29 is 9.59 Å². The minimum atomic E-state index is -0.117. The molecule has 0 aliphatic heterocycles. The summed E-state index contributed by atoms with van der Waals surface area (Å²) >= 11 is 0. The van der Waals surface area contributed by atoms with Crippen molar-refractivity contribution >= 4 is 28.9 Å². The van der Waals surface area contributed by atoms with E-state index in [1.54, 1.807) is 12.2 Å². The van der Waals surface area contributed by atoms with Gasteiger partial charge < -0.3 is 14.8 Å². The third-order valence-corrected chi connectivity index (χ3v) is 5.25. The topological polar surface area (TPSA) is 67.2 Å². The predicted molar refractivity (Wildman–Crippen MR) is 124 cm³/mol. The van der Waals surface area contributed by atoms with Crippen LogP contribution in [0, 0.1) is 0 Å². The summed E-state index contributed by atoms with van der Waals surface area (Å²) in [6.45, 7) is 6.20. The number of likely N-dealkylation sites (N-methyl/N-ethyl adjacent to an activating group) is 1. The fourth-order valence-electron chi connectivity index (χ4n) is 3.56. The lowest BCUT2D eigenvalue weighted by atomic mass is 10.2. The monoisotopic (exact) mass is 418 g/mol. The first-order chi connectivity index (χ1) is 15.1. The second-order valence-corrected chi connectivity index (χ2v) is 7.31. The first-order valence-corrected chi connectivity index (χ1v) is 10.8. The summed E-state index contributed by atoms with van der Waals surface area (Å²) < 4.78 is 2.01. The molecule has 31 heavy (non-hydrogen) atoms. The van der Waals surface area contributed by atoms with Crippen molar-refractivity contribution in [1.29, 1.82) is 0 Å². The zero-order valence-electron chi connectivity index (χ0n) is 18.3. The van der Waals surface area contributed by atoms with Gasteiger partial charge in [0, 0.05) is 32.1 Å². The second kappa shape index (κ2) is 11.1. The number of para-hydroxylation sites is 2. The van der Waals surface area contributed by atoms with Crippen LogP contribution in [0.4, 0.5) is 0 Å². The Kier molecular flexibility index (Phi) is 7.98. The van der Waals surface area contributed by atoms with Crippen LogP contribution in [0.3, 0.4) is 0 Å². The van der Waals surface area contributed by atoms with Crippen LogP contribution >= 0.6 is 0 Å². The smallest absolute Gasteiger partial charge is 0.243 e. The molecule has 1 heterocycles. The first kappa shape index (κ1) is 22.3. The quantitative estimate of drug-likeness (QED) is 0.404. The highest BCUT2D eigenvalue weighted by atomic mass is 16.2. The van der Waals surface area contributed by atoms with E-state index in [0.717, 1.165) is 28.8 Å². The number of carbonyl (C=O) groups is 2. The molecule has 1 N–H and O–H groups in total. The number of hydrogen-bond donors (Lipinski definition) is 1. The van der Waals surface area contributed by atoms with E-state index in [-0.39, 0.29) is 18.4 Å². The van der Waals surface area contributed by atoms with Crippen LogP contribution in [0.5, 0.6) is 0 Å². The SMILES string of the molecule is CCN(CC)C(=O)Cn1c(CCCNC(=O)/C=C\c2ccccc2)nc2ccccc21. The van der Waals surface area contributed by atoms with Crippen molar-refractivity contribution in [2.45, 2.75) is 33.2 Å². The molecule has 2 aromatic carbocycles. The van der Waals surface area contributed by atoms with Gasteiger partial charge in [0.25, 0.3) is 0 Å². The van der Waals surface area contributed by atoms with E-state index >= 15 is 0 Å². The first-order valence-electron chi connectivity index (χ1n) is 10.8. The third-order valence-electron chi connectivity index (χ3n) is 5.25. The third kappa shape index (κ3) is 6.04. The molecule has 0 aliphatic rings. The van der Waals surface area contributed by atoms with Gasteiger partial charge in [0.05, 0.1) is 11.0 Å². The van der Waals surface area contributed by atoms with Gasteiger partial charge in [-0.25, -0.2) is 4.98 Å². The number of rotatable bonds is 10. The van der Waals surface area contributed by atoms with E-state index in [2.05, 4.69) is 5.32 Å². The number of fused-ring (bicyclic) bond motifs is 1. The van der Waals surface area contributed by atoms with E-state index in [4.69, 9.17) is 4.98 Å². The highest BCUT2D eigenvalue weighted by Crippen LogP contribution is 2.17. The molecule has 0 bridgehead atoms. The molecule has 0 unspecified atom stereocenters. The van der Waals surface area contributed by atoms with E-state index < -0.39 is 0 Å². The highest BCUT2D eigenvalue weighted by molar-refractivity contribution is 5.91. The Bertz CT molecular complexity index is 1040. The maximum absolute atomic E-state index is 12.7. The Hall–Kier alpha value is -3.41. The van der Waals surface area contributed by atoms with Crippen molar-refractivity contribution in [3.8, 4) is 0 Å². The Morgan fingerprint density at radius 1 is 1.03 bits per heavy atom. The number of amides is 2. The number of nitrogens with one attached hydrogen (secondary N) is 1. The van der Waals surface area contributed by atoms with E-state index in [0.29, 0.717) is 26.1 Å². The molecule has 3 rings (SSSR count). The van der Waals surface area contributed by atoms with Crippen LogP contribution < -0.4 is 5.32 Å². The number of benzene rings is 2. The normalized spacial score (nSPS) is 11.2. The minimum absolute atomic E-state index is 0.0914. The van der Waals surface area contributed by atoms with Crippen LogP contribution in [-0.4, -0.2) is 45.9 Å². The fraction of sp³-hybridized carbons (Fsp3) is 0.320. The van der Waals surface area contributed by atoms with Crippen molar-refractivity contribution in [1.82, 2.24) is 19.8 Å². The van der Waals surface area contributed by atoms with Crippen molar-refractivity contribution in [3.05, 3.63) is 72.1 Å². The summed E-state index contributed by atoms with van der Waals surface area (Å²) in [5, 5.41) is 2.92. The predicted octanol–water partition coefficient (Wildman–Crippen LogP) is 3.67. The maximum atomic E-state index is 12.7. The molecule has 3 aromatic rings. The molecule has 6 heteroatoms. The number of carbonyl (C=O) groups excluding carboxylic acids is 2. The van der Waals surface area contributed by atoms with Gasteiger partial charge >= 0.3 is 0 Å².